The first-order valence-electron chi connectivity index (χ1n) is 11.2. The molecule has 5 aromatic rings. The largest absolute Gasteiger partial charge is 0.371 e. The van der Waals surface area contributed by atoms with E-state index < -0.39 is 0 Å². The van der Waals surface area contributed by atoms with Crippen LogP contribution in [0.25, 0.3) is 39.0 Å². The van der Waals surface area contributed by atoms with Crippen LogP contribution in [0.1, 0.15) is 30.9 Å². The van der Waals surface area contributed by atoms with E-state index in [1.165, 1.54) is 24.9 Å². The van der Waals surface area contributed by atoms with Crippen LogP contribution >= 0.6 is 0 Å². The molecule has 160 valence electrons. The van der Waals surface area contributed by atoms with Gasteiger partial charge in [0.15, 0.2) is 5.82 Å². The predicted molar refractivity (Wildman–Crippen MR) is 127 cm³/mol. The first-order chi connectivity index (χ1) is 15.7. The van der Waals surface area contributed by atoms with Gasteiger partial charge in [0, 0.05) is 30.4 Å². The maximum absolute atomic E-state index is 4.95. The van der Waals surface area contributed by atoms with E-state index >= 15 is 0 Å². The van der Waals surface area contributed by atoms with Crippen molar-refractivity contribution in [3.05, 3.63) is 60.3 Å². The summed E-state index contributed by atoms with van der Waals surface area (Å²) < 4.78 is 2.15. The van der Waals surface area contributed by atoms with Crippen LogP contribution in [0.5, 0.6) is 0 Å². The molecular weight excluding hydrogens is 398 g/mol. The van der Waals surface area contributed by atoms with Gasteiger partial charge in [-0.05, 0) is 56.7 Å². The number of anilines is 1. The molecule has 1 N–H and O–H groups in total. The van der Waals surface area contributed by atoms with Gasteiger partial charge in [-0.1, -0.05) is 24.3 Å². The number of aromatic nitrogens is 6. The second-order valence-electron chi connectivity index (χ2n) is 8.54. The minimum absolute atomic E-state index is 0.683. The number of piperidine rings is 1. The molecule has 0 atom stereocenters. The molecule has 0 aliphatic carbocycles. The van der Waals surface area contributed by atoms with Crippen LogP contribution < -0.4 is 4.90 Å². The molecule has 32 heavy (non-hydrogen) atoms. The zero-order valence-corrected chi connectivity index (χ0v) is 18.3. The Bertz CT molecular complexity index is 1440. The summed E-state index contributed by atoms with van der Waals surface area (Å²) in [6, 6.07) is 14.9. The van der Waals surface area contributed by atoms with Gasteiger partial charge < -0.3 is 4.90 Å². The lowest BCUT2D eigenvalue weighted by Crippen LogP contribution is -2.29. The number of H-pyrrole nitrogens is 1. The lowest BCUT2D eigenvalue weighted by Gasteiger charge is -2.29. The van der Waals surface area contributed by atoms with E-state index in [4.69, 9.17) is 9.97 Å². The van der Waals surface area contributed by atoms with Crippen molar-refractivity contribution in [2.45, 2.75) is 33.1 Å². The van der Waals surface area contributed by atoms with Gasteiger partial charge in [0.2, 0.25) is 0 Å². The van der Waals surface area contributed by atoms with Crippen LogP contribution in [-0.4, -0.2) is 42.8 Å². The minimum Gasteiger partial charge on any atom is -0.371 e. The molecule has 1 aliphatic rings. The number of pyridine rings is 1. The summed E-state index contributed by atoms with van der Waals surface area (Å²) in [4.78, 5) is 16.8. The van der Waals surface area contributed by atoms with Gasteiger partial charge in [-0.2, -0.15) is 5.10 Å². The lowest BCUT2D eigenvalue weighted by atomic mass is 10.1. The van der Waals surface area contributed by atoms with Crippen LogP contribution in [-0.2, 0) is 0 Å². The summed E-state index contributed by atoms with van der Waals surface area (Å²) in [5, 5.41) is 9.73. The Morgan fingerprint density at radius 1 is 0.906 bits per heavy atom. The molecule has 1 saturated heterocycles. The van der Waals surface area contributed by atoms with E-state index in [-0.39, 0.29) is 0 Å². The summed E-state index contributed by atoms with van der Waals surface area (Å²) >= 11 is 0. The summed E-state index contributed by atoms with van der Waals surface area (Å²) in [6.07, 6.45) is 5.67. The minimum atomic E-state index is 0.683. The molecule has 1 aliphatic heterocycles. The molecule has 0 saturated carbocycles. The molecular formula is C25H25N7. The number of hydrogen-bond donors (Lipinski definition) is 1. The van der Waals surface area contributed by atoms with Crippen LogP contribution in [0.3, 0.4) is 0 Å². The number of benzene rings is 2. The lowest BCUT2D eigenvalue weighted by molar-refractivity contribution is 0.578. The van der Waals surface area contributed by atoms with E-state index in [0.29, 0.717) is 5.82 Å². The number of nitrogens with zero attached hydrogens (tertiary/aromatic N) is 6. The van der Waals surface area contributed by atoms with Gasteiger partial charge in [-0.3, -0.25) is 9.67 Å². The Kier molecular flexibility index (Phi) is 4.41. The molecule has 7 heteroatoms. The molecule has 0 amide bonds. The first kappa shape index (κ1) is 19.0. The topological polar surface area (TPSA) is 75.5 Å². The molecule has 0 unspecified atom stereocenters. The number of rotatable bonds is 3. The molecule has 2 aromatic carbocycles. The summed E-state index contributed by atoms with van der Waals surface area (Å²) in [5.74, 6) is 3.25. The third-order valence-electron chi connectivity index (χ3n) is 6.32. The van der Waals surface area contributed by atoms with Gasteiger partial charge in [-0.15, -0.1) is 0 Å². The SMILES string of the molecule is Cc1nc(-c2cc(N3CCCCC3)cc3c2nc(C)n3-c2cc3ccccc3cn2)n[nH]1. The van der Waals surface area contributed by atoms with E-state index in [1.54, 1.807) is 0 Å². The van der Waals surface area contributed by atoms with Crippen LogP contribution in [0.15, 0.2) is 48.7 Å². The molecule has 0 bridgehead atoms. The normalized spacial score (nSPS) is 14.5. The average molecular weight is 424 g/mol. The van der Waals surface area contributed by atoms with Crippen molar-refractivity contribution in [3.8, 4) is 17.2 Å². The number of fused-ring (bicyclic) bond motifs is 2. The van der Waals surface area contributed by atoms with Crippen molar-refractivity contribution < 1.29 is 0 Å². The summed E-state index contributed by atoms with van der Waals surface area (Å²) in [7, 11) is 0. The third kappa shape index (κ3) is 3.12. The zero-order chi connectivity index (χ0) is 21.7. The highest BCUT2D eigenvalue weighted by Gasteiger charge is 2.21. The van der Waals surface area contributed by atoms with Gasteiger partial charge in [0.1, 0.15) is 23.0 Å². The van der Waals surface area contributed by atoms with Crippen molar-refractivity contribution in [3.63, 3.8) is 0 Å². The molecule has 4 heterocycles. The van der Waals surface area contributed by atoms with Crippen molar-refractivity contribution >= 4 is 27.5 Å². The Morgan fingerprint density at radius 2 is 1.72 bits per heavy atom. The second kappa shape index (κ2) is 7.44. The van der Waals surface area contributed by atoms with Crippen LogP contribution in [0.2, 0.25) is 0 Å². The van der Waals surface area contributed by atoms with E-state index in [2.05, 4.69) is 61.0 Å². The predicted octanol–water partition coefficient (Wildman–Crippen LogP) is 4.97. The van der Waals surface area contributed by atoms with Gasteiger partial charge in [-0.25, -0.2) is 15.0 Å². The number of aromatic amines is 1. The van der Waals surface area contributed by atoms with Gasteiger partial charge in [0.05, 0.1) is 11.1 Å². The first-order valence-corrected chi connectivity index (χ1v) is 11.2. The van der Waals surface area contributed by atoms with Crippen LogP contribution in [0.4, 0.5) is 5.69 Å². The second-order valence-corrected chi connectivity index (χ2v) is 8.54. The van der Waals surface area contributed by atoms with E-state index in [1.807, 2.05) is 26.1 Å². The number of nitrogens with one attached hydrogen (secondary N) is 1. The average Bonchev–Trinajstić information content (AvgIpc) is 3.41. The molecule has 1 fully saturated rings. The zero-order valence-electron chi connectivity index (χ0n) is 18.3. The van der Waals surface area contributed by atoms with Crippen LogP contribution in [0, 0.1) is 13.8 Å². The number of imidazole rings is 1. The summed E-state index contributed by atoms with van der Waals surface area (Å²) in [6.45, 7) is 6.09. The van der Waals surface area contributed by atoms with E-state index in [0.717, 1.165) is 57.9 Å². The van der Waals surface area contributed by atoms with Gasteiger partial charge >= 0.3 is 0 Å². The Hall–Kier alpha value is -3.74. The highest BCUT2D eigenvalue weighted by Crippen LogP contribution is 2.34. The standard InChI is InChI=1S/C25H25N7/c1-16-27-25(30-29-16)21-13-20(31-10-6-3-7-11-31)14-22-24(21)28-17(2)32(22)23-12-18-8-4-5-9-19(18)15-26-23/h4-5,8-9,12-15H,3,6-7,10-11H2,1-2H3,(H,27,29,30). The van der Waals surface area contributed by atoms with Gasteiger partial charge in [0.25, 0.3) is 0 Å². The Balaban J connectivity index is 1.61. The fraction of sp³-hybridized carbons (Fsp3) is 0.280. The molecule has 0 spiro atoms. The maximum atomic E-state index is 4.95. The maximum Gasteiger partial charge on any atom is 0.183 e. The number of aryl methyl sites for hydroxylation is 2. The summed E-state index contributed by atoms with van der Waals surface area (Å²) in [5.41, 5.74) is 4.08. The fourth-order valence-corrected chi connectivity index (χ4v) is 4.73. The van der Waals surface area contributed by atoms with E-state index in [9.17, 15) is 0 Å². The fourth-order valence-electron chi connectivity index (χ4n) is 4.73. The monoisotopic (exact) mass is 423 g/mol. The highest BCUT2D eigenvalue weighted by atomic mass is 15.2. The third-order valence-corrected chi connectivity index (χ3v) is 6.32. The van der Waals surface area contributed by atoms with Crippen molar-refractivity contribution in [1.82, 2.24) is 29.7 Å². The quantitative estimate of drug-likeness (QED) is 0.444. The molecule has 7 nitrogen and oxygen atoms in total. The van der Waals surface area contributed by atoms with Crippen molar-refractivity contribution in [2.75, 3.05) is 18.0 Å². The Morgan fingerprint density at radius 3 is 2.50 bits per heavy atom. The molecule has 6 rings (SSSR count). The van der Waals surface area contributed by atoms with Crippen molar-refractivity contribution in [1.29, 1.82) is 0 Å². The molecule has 0 radical (unpaired) electrons. The smallest absolute Gasteiger partial charge is 0.183 e. The molecule has 3 aromatic heterocycles. The Labute approximate surface area is 186 Å². The van der Waals surface area contributed by atoms with Crippen molar-refractivity contribution in [2.24, 2.45) is 0 Å². The number of hydrogen-bond acceptors (Lipinski definition) is 5. The highest BCUT2D eigenvalue weighted by molar-refractivity contribution is 5.95.